The minimum Gasteiger partial charge on any atom is -0.333 e. The summed E-state index contributed by atoms with van der Waals surface area (Å²) in [6.45, 7) is 1.80. The number of carbonyl (C=O) groups excluding carboxylic acids is 2. The Morgan fingerprint density at radius 2 is 1.80 bits per heavy atom. The van der Waals surface area contributed by atoms with Gasteiger partial charge < -0.3 is 4.98 Å². The number of hydrazine groups is 1. The first-order valence-corrected chi connectivity index (χ1v) is 10.3. The molecule has 0 fully saturated rings. The molecule has 0 aliphatic heterocycles. The highest BCUT2D eigenvalue weighted by molar-refractivity contribution is 7.98. The van der Waals surface area contributed by atoms with Crippen LogP contribution < -0.4 is 10.9 Å². The second kappa shape index (κ2) is 8.42. The number of nitrogens with one attached hydrogen (secondary N) is 3. The minimum atomic E-state index is -0.426. The van der Waals surface area contributed by atoms with Crippen LogP contribution in [0.4, 0.5) is 0 Å². The van der Waals surface area contributed by atoms with Crippen molar-refractivity contribution in [1.82, 2.24) is 30.6 Å². The van der Waals surface area contributed by atoms with Gasteiger partial charge >= 0.3 is 0 Å². The number of rotatable bonds is 5. The summed E-state index contributed by atoms with van der Waals surface area (Å²) in [7, 11) is 1.67. The van der Waals surface area contributed by atoms with Crippen LogP contribution in [0.5, 0.6) is 0 Å². The monoisotopic (exact) mass is 420 g/mol. The van der Waals surface area contributed by atoms with Crippen LogP contribution in [0.25, 0.3) is 11.0 Å². The van der Waals surface area contributed by atoms with Gasteiger partial charge in [0.15, 0.2) is 5.16 Å². The Kier molecular flexibility index (Phi) is 5.53. The largest absolute Gasteiger partial charge is 0.333 e. The predicted octanol–water partition coefficient (Wildman–Crippen LogP) is 2.97. The van der Waals surface area contributed by atoms with Crippen molar-refractivity contribution in [3.63, 3.8) is 0 Å². The lowest BCUT2D eigenvalue weighted by Gasteiger charge is -2.08. The lowest BCUT2D eigenvalue weighted by molar-refractivity contribution is 0.0841. The van der Waals surface area contributed by atoms with Crippen LogP contribution in [-0.2, 0) is 12.8 Å². The second-order valence-electron chi connectivity index (χ2n) is 6.75. The number of hydrogen-bond acceptors (Lipinski definition) is 5. The van der Waals surface area contributed by atoms with Crippen LogP contribution in [0.2, 0.25) is 0 Å². The molecule has 4 rings (SSSR count). The molecule has 3 N–H and O–H groups in total. The topological polar surface area (TPSA) is 105 Å². The number of aromatic nitrogens is 4. The van der Waals surface area contributed by atoms with Crippen LogP contribution in [0.1, 0.15) is 32.1 Å². The molecule has 9 heteroatoms. The zero-order valence-corrected chi connectivity index (χ0v) is 17.3. The Balaban J connectivity index is 1.31. The lowest BCUT2D eigenvalue weighted by atomic mass is 10.1. The molecule has 2 aromatic heterocycles. The van der Waals surface area contributed by atoms with Crippen molar-refractivity contribution >= 4 is 34.6 Å². The first-order chi connectivity index (χ1) is 14.5. The smallest absolute Gasteiger partial charge is 0.287 e. The van der Waals surface area contributed by atoms with E-state index in [1.165, 1.54) is 4.68 Å². The van der Waals surface area contributed by atoms with Crippen molar-refractivity contribution in [2.45, 2.75) is 17.8 Å². The Labute approximate surface area is 177 Å². The number of para-hydroxylation sites is 2. The highest BCUT2D eigenvalue weighted by atomic mass is 32.2. The van der Waals surface area contributed by atoms with E-state index in [4.69, 9.17) is 0 Å². The number of amides is 2. The van der Waals surface area contributed by atoms with E-state index >= 15 is 0 Å². The molecule has 30 heavy (non-hydrogen) atoms. The van der Waals surface area contributed by atoms with E-state index in [1.807, 2.05) is 36.4 Å². The van der Waals surface area contributed by atoms with Crippen LogP contribution in [0.3, 0.4) is 0 Å². The number of benzene rings is 2. The zero-order valence-electron chi connectivity index (χ0n) is 16.5. The van der Waals surface area contributed by atoms with Gasteiger partial charge in [-0.3, -0.25) is 25.1 Å². The molecule has 4 aromatic rings. The van der Waals surface area contributed by atoms with E-state index < -0.39 is 11.8 Å². The third kappa shape index (κ3) is 4.36. The average Bonchev–Trinajstić information content (AvgIpc) is 3.32. The SMILES string of the molecule is Cc1cc(C(=O)NNC(=O)c2ccc(CSc3nc4ccccc4[nH]3)cc2)n(C)n1. The fourth-order valence-electron chi connectivity index (χ4n) is 2.97. The Morgan fingerprint density at radius 1 is 1.07 bits per heavy atom. The number of thioether (sulfide) groups is 1. The van der Waals surface area contributed by atoms with Gasteiger partial charge in [-0.05, 0) is 42.8 Å². The Morgan fingerprint density at radius 3 is 2.50 bits per heavy atom. The molecule has 0 aliphatic rings. The van der Waals surface area contributed by atoms with Gasteiger partial charge in [0.2, 0.25) is 0 Å². The van der Waals surface area contributed by atoms with E-state index in [1.54, 1.807) is 43.9 Å². The molecular formula is C21H20N6O2S. The molecule has 0 saturated carbocycles. The van der Waals surface area contributed by atoms with E-state index in [9.17, 15) is 9.59 Å². The summed E-state index contributed by atoms with van der Waals surface area (Å²) in [5.74, 6) is -0.0952. The first-order valence-electron chi connectivity index (χ1n) is 9.27. The number of nitrogens with zero attached hydrogens (tertiary/aromatic N) is 3. The van der Waals surface area contributed by atoms with Gasteiger partial charge in [-0.25, -0.2) is 4.98 Å². The fourth-order valence-corrected chi connectivity index (χ4v) is 3.82. The summed E-state index contributed by atoms with van der Waals surface area (Å²) in [5, 5.41) is 4.97. The fraction of sp³-hybridized carbons (Fsp3) is 0.143. The molecule has 2 amide bonds. The van der Waals surface area contributed by atoms with Crippen molar-refractivity contribution in [2.24, 2.45) is 7.05 Å². The summed E-state index contributed by atoms with van der Waals surface area (Å²) >= 11 is 1.60. The van der Waals surface area contributed by atoms with Crippen LogP contribution >= 0.6 is 11.8 Å². The van der Waals surface area contributed by atoms with Crippen molar-refractivity contribution in [1.29, 1.82) is 0 Å². The molecule has 0 saturated heterocycles. The molecular weight excluding hydrogens is 400 g/mol. The summed E-state index contributed by atoms with van der Waals surface area (Å²) in [6.07, 6.45) is 0. The maximum Gasteiger partial charge on any atom is 0.287 e. The molecule has 8 nitrogen and oxygen atoms in total. The highest BCUT2D eigenvalue weighted by Crippen LogP contribution is 2.23. The predicted molar refractivity (Wildman–Crippen MR) is 115 cm³/mol. The molecule has 2 aromatic carbocycles. The van der Waals surface area contributed by atoms with Crippen molar-refractivity contribution in [3.8, 4) is 0 Å². The van der Waals surface area contributed by atoms with Gasteiger partial charge in [0.05, 0.1) is 16.7 Å². The molecule has 0 aliphatic carbocycles. The Hall–Kier alpha value is -3.59. The van der Waals surface area contributed by atoms with Gasteiger partial charge in [0.1, 0.15) is 5.69 Å². The van der Waals surface area contributed by atoms with Crippen LogP contribution in [0, 0.1) is 6.92 Å². The number of fused-ring (bicyclic) bond motifs is 1. The van der Waals surface area contributed by atoms with Gasteiger partial charge in [-0.2, -0.15) is 5.10 Å². The lowest BCUT2D eigenvalue weighted by Crippen LogP contribution is -2.42. The number of imidazole rings is 1. The second-order valence-corrected chi connectivity index (χ2v) is 7.71. The van der Waals surface area contributed by atoms with E-state index in [0.717, 1.165) is 33.2 Å². The maximum absolute atomic E-state index is 12.3. The minimum absolute atomic E-state index is 0.366. The standard InChI is InChI=1S/C21H20N6O2S/c1-13-11-18(27(2)26-13)20(29)25-24-19(28)15-9-7-14(8-10-15)12-30-21-22-16-5-3-4-6-17(16)23-21/h3-11H,12H2,1-2H3,(H,22,23)(H,24,28)(H,25,29). The highest BCUT2D eigenvalue weighted by Gasteiger charge is 2.13. The molecule has 0 unspecified atom stereocenters. The molecule has 0 spiro atoms. The van der Waals surface area contributed by atoms with E-state index in [2.05, 4.69) is 25.9 Å². The maximum atomic E-state index is 12.3. The molecule has 0 radical (unpaired) electrons. The summed E-state index contributed by atoms with van der Waals surface area (Å²) < 4.78 is 1.46. The van der Waals surface area contributed by atoms with Crippen molar-refractivity contribution < 1.29 is 9.59 Å². The summed E-state index contributed by atoms with van der Waals surface area (Å²) in [6, 6.07) is 16.8. The number of carbonyl (C=O) groups is 2. The van der Waals surface area contributed by atoms with Crippen LogP contribution in [0.15, 0.2) is 59.8 Å². The first kappa shape index (κ1) is 19.7. The zero-order chi connectivity index (χ0) is 21.1. The molecule has 2 heterocycles. The van der Waals surface area contributed by atoms with E-state index in [-0.39, 0.29) is 0 Å². The van der Waals surface area contributed by atoms with E-state index in [0.29, 0.717) is 11.3 Å². The van der Waals surface area contributed by atoms with Gasteiger partial charge in [-0.1, -0.05) is 36.0 Å². The average molecular weight is 420 g/mol. The number of H-pyrrole nitrogens is 1. The molecule has 0 bridgehead atoms. The van der Waals surface area contributed by atoms with Crippen molar-refractivity contribution in [3.05, 3.63) is 77.1 Å². The van der Waals surface area contributed by atoms with Gasteiger partial charge in [-0.15, -0.1) is 0 Å². The van der Waals surface area contributed by atoms with Gasteiger partial charge in [0, 0.05) is 18.4 Å². The number of aromatic amines is 1. The molecule has 0 atom stereocenters. The Bertz CT molecular complexity index is 1180. The van der Waals surface area contributed by atoms with Crippen LogP contribution in [-0.4, -0.2) is 31.6 Å². The summed E-state index contributed by atoms with van der Waals surface area (Å²) in [4.78, 5) is 32.3. The van der Waals surface area contributed by atoms with Gasteiger partial charge in [0.25, 0.3) is 11.8 Å². The summed E-state index contributed by atoms with van der Waals surface area (Å²) in [5.41, 5.74) is 9.39. The quantitative estimate of drug-likeness (QED) is 0.340. The number of hydrogen-bond donors (Lipinski definition) is 3. The number of aryl methyl sites for hydroxylation is 2. The normalized spacial score (nSPS) is 10.9. The third-order valence-electron chi connectivity index (χ3n) is 4.48. The molecule has 152 valence electrons. The van der Waals surface area contributed by atoms with Crippen molar-refractivity contribution in [2.75, 3.05) is 0 Å². The third-order valence-corrected chi connectivity index (χ3v) is 5.43.